The molecule has 100 valence electrons. The Morgan fingerprint density at radius 3 is 2.58 bits per heavy atom. The second-order valence-corrected chi connectivity index (χ2v) is 5.05. The molecule has 2 rings (SSSR count). The summed E-state index contributed by atoms with van der Waals surface area (Å²) in [6.45, 7) is 4.87. The van der Waals surface area contributed by atoms with E-state index in [2.05, 4.69) is 10.3 Å². The van der Waals surface area contributed by atoms with Crippen molar-refractivity contribution in [3.63, 3.8) is 0 Å². The first-order valence-electron chi connectivity index (χ1n) is 5.92. The highest BCUT2D eigenvalue weighted by atomic mass is 16.2. The zero-order valence-corrected chi connectivity index (χ0v) is 11.1. The number of pyridine rings is 1. The minimum atomic E-state index is -1.24. The fourth-order valence-electron chi connectivity index (χ4n) is 1.84. The number of carbonyl (C=O) groups is 3. The number of barbiturate groups is 1. The smallest absolute Gasteiger partial charge is 0.277 e. The van der Waals surface area contributed by atoms with Crippen LogP contribution in [0, 0.1) is 12.3 Å². The lowest BCUT2D eigenvalue weighted by atomic mass is 9.89. The Kier molecular flexibility index (Phi) is 3.09. The first-order valence-corrected chi connectivity index (χ1v) is 5.92. The summed E-state index contributed by atoms with van der Waals surface area (Å²) in [5, 5.41) is 2.18. The Morgan fingerprint density at radius 2 is 1.95 bits per heavy atom. The average Bonchev–Trinajstić information content (AvgIpc) is 2.33. The fraction of sp³-hybridized carbons (Fsp3) is 0.385. The van der Waals surface area contributed by atoms with Crippen LogP contribution in [0.1, 0.15) is 25.2 Å². The Morgan fingerprint density at radius 1 is 1.26 bits per heavy atom. The van der Waals surface area contributed by atoms with Gasteiger partial charge in [0.05, 0.1) is 12.2 Å². The molecule has 0 bridgehead atoms. The van der Waals surface area contributed by atoms with Gasteiger partial charge in [-0.15, -0.1) is 0 Å². The van der Waals surface area contributed by atoms with Crippen molar-refractivity contribution in [3.05, 3.63) is 29.6 Å². The molecular weight excluding hydrogens is 246 g/mol. The molecule has 2 heterocycles. The van der Waals surface area contributed by atoms with Crippen LogP contribution in [0.5, 0.6) is 0 Å². The van der Waals surface area contributed by atoms with Crippen LogP contribution >= 0.6 is 0 Å². The fourth-order valence-corrected chi connectivity index (χ4v) is 1.84. The van der Waals surface area contributed by atoms with Crippen molar-refractivity contribution in [1.82, 2.24) is 15.2 Å². The highest BCUT2D eigenvalue weighted by molar-refractivity contribution is 6.18. The third-order valence-corrected chi connectivity index (χ3v) is 3.08. The first-order chi connectivity index (χ1) is 8.82. The third kappa shape index (κ3) is 2.33. The number of nitrogens with zero attached hydrogens (tertiary/aromatic N) is 2. The van der Waals surface area contributed by atoms with Crippen LogP contribution in [0.15, 0.2) is 18.2 Å². The van der Waals surface area contributed by atoms with E-state index in [9.17, 15) is 14.4 Å². The summed E-state index contributed by atoms with van der Waals surface area (Å²) in [5.41, 5.74) is 0.170. The van der Waals surface area contributed by atoms with E-state index in [1.807, 2.05) is 13.0 Å². The summed E-state index contributed by atoms with van der Waals surface area (Å²) in [6, 6.07) is 4.67. The molecule has 0 unspecified atom stereocenters. The summed E-state index contributed by atoms with van der Waals surface area (Å²) >= 11 is 0. The van der Waals surface area contributed by atoms with Gasteiger partial charge in [0.15, 0.2) is 0 Å². The van der Waals surface area contributed by atoms with E-state index >= 15 is 0 Å². The molecule has 6 heteroatoms. The highest BCUT2D eigenvalue weighted by Crippen LogP contribution is 2.24. The summed E-state index contributed by atoms with van der Waals surface area (Å²) < 4.78 is 0. The zero-order valence-electron chi connectivity index (χ0n) is 11.1. The maximum atomic E-state index is 12.2. The lowest BCUT2D eigenvalue weighted by molar-refractivity contribution is -0.149. The maximum Gasteiger partial charge on any atom is 0.331 e. The molecule has 0 aromatic carbocycles. The minimum Gasteiger partial charge on any atom is -0.277 e. The van der Waals surface area contributed by atoms with Crippen molar-refractivity contribution >= 4 is 17.8 Å². The van der Waals surface area contributed by atoms with Gasteiger partial charge in [0.2, 0.25) is 11.8 Å². The van der Waals surface area contributed by atoms with Gasteiger partial charge in [-0.2, -0.15) is 0 Å². The number of imide groups is 2. The molecule has 1 aliphatic heterocycles. The monoisotopic (exact) mass is 261 g/mol. The van der Waals surface area contributed by atoms with E-state index in [-0.39, 0.29) is 6.54 Å². The summed E-state index contributed by atoms with van der Waals surface area (Å²) in [4.78, 5) is 40.8. The van der Waals surface area contributed by atoms with Gasteiger partial charge in [0.25, 0.3) is 0 Å². The quantitative estimate of drug-likeness (QED) is 0.805. The van der Waals surface area contributed by atoms with E-state index in [4.69, 9.17) is 0 Å². The predicted octanol–water partition coefficient (Wildman–Crippen LogP) is 0.995. The molecule has 1 aromatic heterocycles. The van der Waals surface area contributed by atoms with Gasteiger partial charge in [-0.05, 0) is 32.9 Å². The zero-order chi connectivity index (χ0) is 14.2. The topological polar surface area (TPSA) is 79.4 Å². The van der Waals surface area contributed by atoms with Crippen LogP contribution in [0.2, 0.25) is 0 Å². The Bertz CT molecular complexity index is 566. The van der Waals surface area contributed by atoms with Crippen molar-refractivity contribution in [3.8, 4) is 0 Å². The van der Waals surface area contributed by atoms with E-state index in [1.165, 1.54) is 13.8 Å². The molecule has 1 fully saturated rings. The molecule has 1 aromatic rings. The summed E-state index contributed by atoms with van der Waals surface area (Å²) in [7, 11) is 0. The molecule has 6 nitrogen and oxygen atoms in total. The van der Waals surface area contributed by atoms with E-state index < -0.39 is 23.3 Å². The van der Waals surface area contributed by atoms with Gasteiger partial charge >= 0.3 is 6.03 Å². The minimum absolute atomic E-state index is 0.0586. The molecule has 0 radical (unpaired) electrons. The van der Waals surface area contributed by atoms with Crippen molar-refractivity contribution < 1.29 is 14.4 Å². The van der Waals surface area contributed by atoms with E-state index in [0.717, 1.165) is 10.6 Å². The standard InChI is InChI=1S/C13H15N3O3/c1-8-5-4-6-9(14-8)7-16-11(18)13(2,3)10(17)15-12(16)19/h4-6H,7H2,1-3H3,(H,15,17,19). The molecule has 1 aliphatic rings. The number of carbonyl (C=O) groups excluding carboxylic acids is 3. The predicted molar refractivity (Wildman–Crippen MR) is 66.8 cm³/mol. The highest BCUT2D eigenvalue weighted by Gasteiger charge is 2.46. The number of aryl methyl sites for hydroxylation is 1. The number of urea groups is 1. The van der Waals surface area contributed by atoms with Crippen LogP contribution in [-0.2, 0) is 16.1 Å². The number of hydrogen-bond acceptors (Lipinski definition) is 4. The summed E-state index contributed by atoms with van der Waals surface area (Å²) in [5.74, 6) is -1.08. The first kappa shape index (κ1) is 13.2. The van der Waals surface area contributed by atoms with Gasteiger partial charge in [0, 0.05) is 5.69 Å². The van der Waals surface area contributed by atoms with Crippen molar-refractivity contribution in [2.45, 2.75) is 27.3 Å². The SMILES string of the molecule is Cc1cccc(CN2C(=O)NC(=O)C(C)(C)C2=O)n1. The second kappa shape index (κ2) is 4.46. The van der Waals surface area contributed by atoms with E-state index in [1.54, 1.807) is 12.1 Å². The Balaban J connectivity index is 2.26. The molecule has 1 saturated heterocycles. The van der Waals surface area contributed by atoms with Crippen molar-refractivity contribution in [2.75, 3.05) is 0 Å². The van der Waals surface area contributed by atoms with Gasteiger partial charge in [-0.25, -0.2) is 4.79 Å². The maximum absolute atomic E-state index is 12.2. The van der Waals surface area contributed by atoms with Crippen LogP contribution in [0.25, 0.3) is 0 Å². The number of aromatic nitrogens is 1. The molecular formula is C13H15N3O3. The largest absolute Gasteiger partial charge is 0.331 e. The molecule has 0 atom stereocenters. The third-order valence-electron chi connectivity index (χ3n) is 3.08. The van der Waals surface area contributed by atoms with Crippen molar-refractivity contribution in [1.29, 1.82) is 0 Å². The van der Waals surface area contributed by atoms with Crippen LogP contribution in [0.3, 0.4) is 0 Å². The van der Waals surface area contributed by atoms with Gasteiger partial charge in [-0.1, -0.05) is 6.07 Å². The number of hydrogen-bond donors (Lipinski definition) is 1. The lowest BCUT2D eigenvalue weighted by Crippen LogP contribution is -2.61. The number of nitrogens with one attached hydrogen (secondary N) is 1. The molecule has 19 heavy (non-hydrogen) atoms. The lowest BCUT2D eigenvalue weighted by Gasteiger charge is -2.34. The molecule has 1 N–H and O–H groups in total. The normalized spacial score (nSPS) is 18.5. The Labute approximate surface area is 110 Å². The average molecular weight is 261 g/mol. The molecule has 0 spiro atoms. The van der Waals surface area contributed by atoms with Crippen LogP contribution in [0.4, 0.5) is 4.79 Å². The van der Waals surface area contributed by atoms with Gasteiger partial charge in [0.1, 0.15) is 5.41 Å². The molecule has 0 saturated carbocycles. The Hall–Kier alpha value is -2.24. The van der Waals surface area contributed by atoms with Crippen LogP contribution < -0.4 is 5.32 Å². The second-order valence-electron chi connectivity index (χ2n) is 5.05. The number of amides is 4. The molecule has 4 amide bonds. The summed E-state index contributed by atoms with van der Waals surface area (Å²) in [6.07, 6.45) is 0. The van der Waals surface area contributed by atoms with E-state index in [0.29, 0.717) is 5.69 Å². The van der Waals surface area contributed by atoms with Crippen LogP contribution in [-0.4, -0.2) is 27.7 Å². The molecule has 0 aliphatic carbocycles. The number of rotatable bonds is 2. The van der Waals surface area contributed by atoms with Gasteiger partial charge < -0.3 is 0 Å². The van der Waals surface area contributed by atoms with Gasteiger partial charge in [-0.3, -0.25) is 24.8 Å². The van der Waals surface area contributed by atoms with Crippen molar-refractivity contribution in [2.24, 2.45) is 5.41 Å².